The highest BCUT2D eigenvalue weighted by Crippen LogP contribution is 2.39. The summed E-state index contributed by atoms with van der Waals surface area (Å²) in [5, 5.41) is 4.85. The van der Waals surface area contributed by atoms with Gasteiger partial charge in [-0.25, -0.2) is 0 Å². The molecule has 5 heteroatoms. The van der Waals surface area contributed by atoms with Crippen LogP contribution in [0.1, 0.15) is 29.0 Å². The van der Waals surface area contributed by atoms with E-state index < -0.39 is 0 Å². The standard InChI is InChI=1S/C14H14BrCl2NS/c1-3-18-13(11-7-8(2)14(15)19-11)12-9(16)5-4-6-10(12)17/h4-7,13,18H,3H2,1-2H3. The lowest BCUT2D eigenvalue weighted by Gasteiger charge is -2.19. The van der Waals surface area contributed by atoms with E-state index in [9.17, 15) is 0 Å². The summed E-state index contributed by atoms with van der Waals surface area (Å²) in [6, 6.07) is 7.82. The molecular weight excluding hydrogens is 365 g/mol. The maximum Gasteiger partial charge on any atom is 0.0731 e. The summed E-state index contributed by atoms with van der Waals surface area (Å²) < 4.78 is 1.15. The number of benzene rings is 1. The Morgan fingerprint density at radius 1 is 1.32 bits per heavy atom. The van der Waals surface area contributed by atoms with Crippen molar-refractivity contribution in [2.75, 3.05) is 6.54 Å². The minimum absolute atomic E-state index is 0.0289. The molecule has 102 valence electrons. The molecule has 0 amide bonds. The number of hydrogen-bond acceptors (Lipinski definition) is 2. The monoisotopic (exact) mass is 377 g/mol. The average molecular weight is 379 g/mol. The normalized spacial score (nSPS) is 12.7. The number of halogens is 3. The van der Waals surface area contributed by atoms with Gasteiger partial charge in [-0.2, -0.15) is 0 Å². The van der Waals surface area contributed by atoms with Crippen molar-refractivity contribution in [3.63, 3.8) is 0 Å². The Kier molecular flexibility index (Phi) is 5.32. The molecule has 0 spiro atoms. The first-order valence-corrected chi connectivity index (χ1v) is 8.34. The van der Waals surface area contributed by atoms with Crippen molar-refractivity contribution in [2.45, 2.75) is 19.9 Å². The molecule has 1 unspecified atom stereocenters. The van der Waals surface area contributed by atoms with Gasteiger partial charge in [-0.15, -0.1) is 11.3 Å². The molecule has 1 aromatic heterocycles. The van der Waals surface area contributed by atoms with Gasteiger partial charge in [-0.1, -0.05) is 36.2 Å². The van der Waals surface area contributed by atoms with E-state index in [0.29, 0.717) is 10.0 Å². The van der Waals surface area contributed by atoms with Crippen molar-refractivity contribution in [3.05, 3.63) is 54.1 Å². The highest BCUT2D eigenvalue weighted by atomic mass is 79.9. The summed E-state index contributed by atoms with van der Waals surface area (Å²) in [7, 11) is 0. The molecule has 0 aliphatic rings. The van der Waals surface area contributed by atoms with E-state index in [1.807, 2.05) is 18.2 Å². The van der Waals surface area contributed by atoms with Gasteiger partial charge in [0.05, 0.1) is 9.83 Å². The van der Waals surface area contributed by atoms with Gasteiger partial charge in [-0.3, -0.25) is 0 Å². The number of nitrogens with one attached hydrogen (secondary N) is 1. The molecule has 0 saturated carbocycles. The van der Waals surface area contributed by atoms with Crippen LogP contribution < -0.4 is 5.32 Å². The number of thiophene rings is 1. The Morgan fingerprint density at radius 3 is 2.42 bits per heavy atom. The van der Waals surface area contributed by atoms with E-state index in [4.69, 9.17) is 23.2 Å². The van der Waals surface area contributed by atoms with Gasteiger partial charge < -0.3 is 5.32 Å². The van der Waals surface area contributed by atoms with Crippen molar-refractivity contribution in [3.8, 4) is 0 Å². The lowest BCUT2D eigenvalue weighted by Crippen LogP contribution is -2.21. The van der Waals surface area contributed by atoms with Crippen LogP contribution in [0.25, 0.3) is 0 Å². The maximum absolute atomic E-state index is 6.32. The van der Waals surface area contributed by atoms with Crippen LogP contribution >= 0.6 is 50.5 Å². The van der Waals surface area contributed by atoms with Crippen LogP contribution in [0.5, 0.6) is 0 Å². The predicted octanol–water partition coefficient (Wildman–Crippen LogP) is 5.82. The second-order valence-electron chi connectivity index (χ2n) is 4.23. The quantitative estimate of drug-likeness (QED) is 0.706. The second kappa shape index (κ2) is 6.59. The van der Waals surface area contributed by atoms with Gasteiger partial charge in [0.1, 0.15) is 0 Å². The smallest absolute Gasteiger partial charge is 0.0731 e. The van der Waals surface area contributed by atoms with Crippen LogP contribution in [0.15, 0.2) is 28.1 Å². The highest BCUT2D eigenvalue weighted by molar-refractivity contribution is 9.11. The molecule has 0 saturated heterocycles. The molecule has 1 aromatic carbocycles. The summed E-state index contributed by atoms with van der Waals surface area (Å²) in [5.41, 5.74) is 2.17. The number of aryl methyl sites for hydroxylation is 1. The van der Waals surface area contributed by atoms with Crippen LogP contribution in [0.4, 0.5) is 0 Å². The summed E-state index contributed by atoms with van der Waals surface area (Å²) >= 11 is 17.9. The summed E-state index contributed by atoms with van der Waals surface area (Å²) in [5.74, 6) is 0. The summed E-state index contributed by atoms with van der Waals surface area (Å²) in [4.78, 5) is 1.21. The van der Waals surface area contributed by atoms with Crippen molar-refractivity contribution >= 4 is 50.5 Å². The molecule has 2 rings (SSSR count). The molecule has 0 bridgehead atoms. The SMILES string of the molecule is CCNC(c1cc(C)c(Br)s1)c1c(Cl)cccc1Cl. The molecule has 2 aromatic rings. The minimum Gasteiger partial charge on any atom is -0.306 e. The summed E-state index contributed by atoms with van der Waals surface area (Å²) in [6.45, 7) is 5.01. The first-order chi connectivity index (χ1) is 9.04. The van der Waals surface area contributed by atoms with E-state index in [1.54, 1.807) is 11.3 Å². The van der Waals surface area contributed by atoms with Crippen molar-refractivity contribution < 1.29 is 0 Å². The first kappa shape index (κ1) is 15.3. The molecular formula is C14H14BrCl2NS. The topological polar surface area (TPSA) is 12.0 Å². The van der Waals surface area contributed by atoms with Crippen molar-refractivity contribution in [1.82, 2.24) is 5.32 Å². The lowest BCUT2D eigenvalue weighted by atomic mass is 10.0. The zero-order chi connectivity index (χ0) is 14.0. The van der Waals surface area contributed by atoms with E-state index in [2.05, 4.69) is 41.2 Å². The zero-order valence-electron chi connectivity index (χ0n) is 10.6. The Morgan fingerprint density at radius 2 is 1.95 bits per heavy atom. The fourth-order valence-corrected chi connectivity index (χ4v) is 4.23. The molecule has 1 heterocycles. The Hall–Kier alpha value is -0.0600. The maximum atomic E-state index is 6.32. The minimum atomic E-state index is 0.0289. The van der Waals surface area contributed by atoms with Gasteiger partial charge >= 0.3 is 0 Å². The van der Waals surface area contributed by atoms with Gasteiger partial charge in [0.15, 0.2) is 0 Å². The van der Waals surface area contributed by atoms with Gasteiger partial charge in [0.25, 0.3) is 0 Å². The lowest BCUT2D eigenvalue weighted by molar-refractivity contribution is 0.640. The molecule has 1 atom stereocenters. The molecule has 0 radical (unpaired) electrons. The molecule has 1 nitrogen and oxygen atoms in total. The third kappa shape index (κ3) is 3.34. The third-order valence-corrected chi connectivity index (χ3v) is 5.72. The molecule has 0 fully saturated rings. The van der Waals surface area contributed by atoms with Gasteiger partial charge in [0, 0.05) is 20.5 Å². The fraction of sp³-hybridized carbons (Fsp3) is 0.286. The largest absolute Gasteiger partial charge is 0.306 e. The van der Waals surface area contributed by atoms with Crippen LogP contribution in [0.3, 0.4) is 0 Å². The number of hydrogen-bond donors (Lipinski definition) is 1. The first-order valence-electron chi connectivity index (χ1n) is 5.97. The van der Waals surface area contributed by atoms with Crippen molar-refractivity contribution in [1.29, 1.82) is 0 Å². The van der Waals surface area contributed by atoms with E-state index in [1.165, 1.54) is 10.4 Å². The summed E-state index contributed by atoms with van der Waals surface area (Å²) in [6.07, 6.45) is 0. The van der Waals surface area contributed by atoms with E-state index in [0.717, 1.165) is 15.9 Å². The van der Waals surface area contributed by atoms with Crippen LogP contribution in [0, 0.1) is 6.92 Å². The van der Waals surface area contributed by atoms with Crippen LogP contribution in [-0.4, -0.2) is 6.54 Å². The molecule has 0 aliphatic carbocycles. The Balaban J connectivity index is 2.51. The molecule has 19 heavy (non-hydrogen) atoms. The van der Waals surface area contributed by atoms with Crippen LogP contribution in [-0.2, 0) is 0 Å². The molecule has 1 N–H and O–H groups in total. The van der Waals surface area contributed by atoms with Gasteiger partial charge in [-0.05, 0) is 53.2 Å². The fourth-order valence-electron chi connectivity index (χ4n) is 1.96. The van der Waals surface area contributed by atoms with Gasteiger partial charge in [0.2, 0.25) is 0 Å². The van der Waals surface area contributed by atoms with E-state index >= 15 is 0 Å². The Labute approximate surface area is 136 Å². The Bertz CT molecular complexity index is 543. The van der Waals surface area contributed by atoms with Crippen molar-refractivity contribution in [2.24, 2.45) is 0 Å². The predicted molar refractivity (Wildman–Crippen MR) is 88.7 cm³/mol. The number of rotatable bonds is 4. The average Bonchev–Trinajstić information content (AvgIpc) is 2.68. The second-order valence-corrected chi connectivity index (χ2v) is 7.45. The van der Waals surface area contributed by atoms with Crippen LogP contribution in [0.2, 0.25) is 10.0 Å². The molecule has 0 aliphatic heterocycles. The van der Waals surface area contributed by atoms with E-state index in [-0.39, 0.29) is 6.04 Å². The third-order valence-electron chi connectivity index (χ3n) is 2.86. The zero-order valence-corrected chi connectivity index (χ0v) is 14.6. The highest BCUT2D eigenvalue weighted by Gasteiger charge is 2.21.